The Kier molecular flexibility index (Phi) is 9.35. The number of nitrogens with zero attached hydrogens (tertiary/aromatic N) is 4. The van der Waals surface area contributed by atoms with E-state index in [9.17, 15) is 13.2 Å². The molecule has 1 N–H and O–H groups in total. The third-order valence-corrected chi connectivity index (χ3v) is 5.75. The summed E-state index contributed by atoms with van der Waals surface area (Å²) >= 11 is 1.04. The Labute approximate surface area is 196 Å². The maximum absolute atomic E-state index is 12.6. The van der Waals surface area contributed by atoms with Crippen molar-refractivity contribution in [2.75, 3.05) is 39.8 Å². The topological polar surface area (TPSA) is 43.8 Å². The molecule has 0 spiro atoms. The van der Waals surface area contributed by atoms with Gasteiger partial charge in [0.2, 0.25) is 0 Å². The monoisotopic (exact) mass is 553 g/mol. The molecule has 0 amide bonds. The molecule has 2 aromatic rings. The molecule has 10 heteroatoms. The molecule has 0 bridgehead atoms. The first-order chi connectivity index (χ1) is 13.8. The Morgan fingerprint density at radius 3 is 2.57 bits per heavy atom. The Bertz CT molecular complexity index is 832. The second kappa shape index (κ2) is 11.3. The van der Waals surface area contributed by atoms with Crippen LogP contribution in [-0.4, -0.2) is 60.5 Å². The Hall–Kier alpha value is -1.40. The van der Waals surface area contributed by atoms with Gasteiger partial charge in [0.05, 0.1) is 5.01 Å². The molecule has 1 aliphatic heterocycles. The lowest BCUT2D eigenvalue weighted by molar-refractivity contribution is -0.140. The van der Waals surface area contributed by atoms with Crippen LogP contribution in [0.5, 0.6) is 0 Å². The van der Waals surface area contributed by atoms with Crippen LogP contribution in [0.15, 0.2) is 34.6 Å². The summed E-state index contributed by atoms with van der Waals surface area (Å²) in [5, 5.41) is 4.79. The standard InChI is InChI=1S/C20H26F3N5S.HI/c1-15-4-3-5-16(12-15)13-27-8-10-28(11-9-27)19(24-2)25-7-6-18-26-17(14-29-18)20(21,22)23;/h3-5,12,14H,6-11,13H2,1-2H3,(H,24,25);1H. The van der Waals surface area contributed by atoms with Gasteiger partial charge in [0, 0.05) is 58.1 Å². The molecule has 1 fully saturated rings. The molecule has 1 saturated heterocycles. The average Bonchev–Trinajstić information content (AvgIpc) is 3.16. The molecular formula is C20H27F3IN5S. The minimum absolute atomic E-state index is 0. The number of hydrogen-bond donors (Lipinski definition) is 1. The van der Waals surface area contributed by atoms with Gasteiger partial charge in [0.15, 0.2) is 11.7 Å². The van der Waals surface area contributed by atoms with Crippen LogP contribution in [0.4, 0.5) is 13.2 Å². The van der Waals surface area contributed by atoms with Crippen molar-refractivity contribution in [1.82, 2.24) is 20.1 Å². The fourth-order valence-electron chi connectivity index (χ4n) is 3.36. The summed E-state index contributed by atoms with van der Waals surface area (Å²) in [6, 6.07) is 8.57. The zero-order valence-corrected chi connectivity index (χ0v) is 20.2. The molecule has 1 aromatic heterocycles. The van der Waals surface area contributed by atoms with Crippen molar-refractivity contribution >= 4 is 41.3 Å². The maximum Gasteiger partial charge on any atom is 0.434 e. The van der Waals surface area contributed by atoms with Crippen LogP contribution in [-0.2, 0) is 19.1 Å². The van der Waals surface area contributed by atoms with E-state index in [-0.39, 0.29) is 24.0 Å². The van der Waals surface area contributed by atoms with Gasteiger partial charge < -0.3 is 10.2 Å². The molecule has 0 radical (unpaired) electrons. The number of aryl methyl sites for hydroxylation is 1. The lowest BCUT2D eigenvalue weighted by Crippen LogP contribution is -2.52. The smallest absolute Gasteiger partial charge is 0.356 e. The Balaban J connectivity index is 0.00000320. The van der Waals surface area contributed by atoms with Crippen molar-refractivity contribution in [1.29, 1.82) is 0 Å². The number of rotatable bonds is 5. The first-order valence-electron chi connectivity index (χ1n) is 9.60. The number of alkyl halides is 3. The van der Waals surface area contributed by atoms with Crippen molar-refractivity contribution < 1.29 is 13.2 Å². The van der Waals surface area contributed by atoms with Gasteiger partial charge in [-0.05, 0) is 12.5 Å². The normalized spacial score (nSPS) is 15.8. The highest BCUT2D eigenvalue weighted by Crippen LogP contribution is 2.30. The van der Waals surface area contributed by atoms with Crippen LogP contribution in [0.25, 0.3) is 0 Å². The number of guanidine groups is 1. The fourth-order valence-corrected chi connectivity index (χ4v) is 4.16. The molecular weight excluding hydrogens is 526 g/mol. The maximum atomic E-state index is 12.6. The van der Waals surface area contributed by atoms with Gasteiger partial charge in [-0.2, -0.15) is 13.2 Å². The Morgan fingerprint density at radius 2 is 1.97 bits per heavy atom. The number of hydrogen-bond acceptors (Lipinski definition) is 4. The minimum atomic E-state index is -4.38. The van der Waals surface area contributed by atoms with E-state index >= 15 is 0 Å². The van der Waals surface area contributed by atoms with Crippen molar-refractivity contribution in [3.63, 3.8) is 0 Å². The summed E-state index contributed by atoms with van der Waals surface area (Å²) in [6.45, 7) is 7.15. The van der Waals surface area contributed by atoms with E-state index in [0.717, 1.165) is 55.4 Å². The van der Waals surface area contributed by atoms with Crippen LogP contribution in [0.1, 0.15) is 21.8 Å². The molecule has 0 atom stereocenters. The van der Waals surface area contributed by atoms with Gasteiger partial charge >= 0.3 is 6.18 Å². The summed E-state index contributed by atoms with van der Waals surface area (Å²) < 4.78 is 37.9. The first-order valence-corrected chi connectivity index (χ1v) is 10.5. The third kappa shape index (κ3) is 7.09. The molecule has 3 rings (SSSR count). The number of piperazine rings is 1. The summed E-state index contributed by atoms with van der Waals surface area (Å²) in [6.07, 6.45) is -3.94. The van der Waals surface area contributed by atoms with Crippen LogP contribution < -0.4 is 5.32 Å². The zero-order chi connectivity index (χ0) is 20.9. The number of benzene rings is 1. The van der Waals surface area contributed by atoms with E-state index in [1.54, 1.807) is 7.05 Å². The van der Waals surface area contributed by atoms with Crippen molar-refractivity contribution in [2.45, 2.75) is 26.1 Å². The average molecular weight is 553 g/mol. The van der Waals surface area contributed by atoms with E-state index in [2.05, 4.69) is 56.3 Å². The predicted molar refractivity (Wildman–Crippen MR) is 126 cm³/mol. The van der Waals surface area contributed by atoms with Gasteiger partial charge in [-0.1, -0.05) is 29.8 Å². The lowest BCUT2D eigenvalue weighted by atomic mass is 10.1. The predicted octanol–water partition coefficient (Wildman–Crippen LogP) is 4.02. The van der Waals surface area contributed by atoms with Crippen molar-refractivity contribution in [3.8, 4) is 0 Å². The molecule has 2 heterocycles. The molecule has 1 aliphatic rings. The summed E-state index contributed by atoms with van der Waals surface area (Å²) in [4.78, 5) is 12.6. The van der Waals surface area contributed by atoms with Gasteiger partial charge in [0.1, 0.15) is 0 Å². The van der Waals surface area contributed by atoms with E-state index in [1.165, 1.54) is 11.1 Å². The number of nitrogens with one attached hydrogen (secondary N) is 1. The third-order valence-electron chi connectivity index (χ3n) is 4.84. The molecule has 0 unspecified atom stereocenters. The molecule has 0 aliphatic carbocycles. The highest BCUT2D eigenvalue weighted by Gasteiger charge is 2.33. The second-order valence-electron chi connectivity index (χ2n) is 7.10. The van der Waals surface area contributed by atoms with E-state index in [1.807, 2.05) is 0 Å². The number of halogens is 4. The van der Waals surface area contributed by atoms with Gasteiger partial charge in [-0.3, -0.25) is 9.89 Å². The molecule has 0 saturated carbocycles. The second-order valence-corrected chi connectivity index (χ2v) is 8.04. The number of aromatic nitrogens is 1. The summed E-state index contributed by atoms with van der Waals surface area (Å²) in [5.74, 6) is 0.785. The number of thiazole rings is 1. The van der Waals surface area contributed by atoms with Crippen LogP contribution in [0.3, 0.4) is 0 Å². The molecule has 30 heavy (non-hydrogen) atoms. The van der Waals surface area contributed by atoms with Gasteiger partial charge in [-0.15, -0.1) is 35.3 Å². The highest BCUT2D eigenvalue weighted by atomic mass is 127. The van der Waals surface area contributed by atoms with Crippen molar-refractivity contribution in [3.05, 3.63) is 51.5 Å². The quantitative estimate of drug-likeness (QED) is 0.345. The summed E-state index contributed by atoms with van der Waals surface area (Å²) in [7, 11) is 1.73. The SMILES string of the molecule is CN=C(NCCc1nc(C(F)(F)F)cs1)N1CCN(Cc2cccc(C)c2)CC1.I. The van der Waals surface area contributed by atoms with Gasteiger partial charge in [0.25, 0.3) is 0 Å². The van der Waals surface area contributed by atoms with E-state index < -0.39 is 11.9 Å². The van der Waals surface area contributed by atoms with Crippen molar-refractivity contribution in [2.24, 2.45) is 4.99 Å². The largest absolute Gasteiger partial charge is 0.434 e. The molecule has 5 nitrogen and oxygen atoms in total. The molecule has 1 aromatic carbocycles. The molecule has 166 valence electrons. The fraction of sp³-hybridized carbons (Fsp3) is 0.500. The first kappa shape index (κ1) is 24.9. The van der Waals surface area contributed by atoms with Crippen LogP contribution in [0, 0.1) is 6.92 Å². The van der Waals surface area contributed by atoms with E-state index in [4.69, 9.17) is 0 Å². The summed E-state index contributed by atoms with van der Waals surface area (Å²) in [5.41, 5.74) is 1.78. The van der Waals surface area contributed by atoms with Crippen LogP contribution in [0.2, 0.25) is 0 Å². The number of aliphatic imine (C=N–C) groups is 1. The Morgan fingerprint density at radius 1 is 1.23 bits per heavy atom. The van der Waals surface area contributed by atoms with Gasteiger partial charge in [-0.25, -0.2) is 4.98 Å². The highest BCUT2D eigenvalue weighted by molar-refractivity contribution is 14.0. The lowest BCUT2D eigenvalue weighted by Gasteiger charge is -2.36. The zero-order valence-electron chi connectivity index (χ0n) is 17.1. The van der Waals surface area contributed by atoms with Crippen LogP contribution >= 0.6 is 35.3 Å². The van der Waals surface area contributed by atoms with E-state index in [0.29, 0.717) is 18.0 Å². The minimum Gasteiger partial charge on any atom is -0.356 e.